The molecule has 2 aromatic rings. The molecule has 0 saturated carbocycles. The molecule has 0 saturated heterocycles. The van der Waals surface area contributed by atoms with E-state index in [1.54, 1.807) is 13.0 Å². The summed E-state index contributed by atoms with van der Waals surface area (Å²) in [5, 5.41) is 0.608. The molecule has 4 heteroatoms. The average molecular weight is 178 g/mol. The minimum Gasteiger partial charge on any atom is -0.303 e. The number of halogens is 1. The molecule has 1 aromatic carbocycles. The third-order valence-corrected chi connectivity index (χ3v) is 1.82. The van der Waals surface area contributed by atoms with Gasteiger partial charge in [0.15, 0.2) is 0 Å². The maximum absolute atomic E-state index is 13.2. The number of fused-ring (bicyclic) bond motifs is 1. The van der Waals surface area contributed by atoms with Gasteiger partial charge in [0.25, 0.3) is 0 Å². The second kappa shape index (κ2) is 2.65. The SMILES string of the molecule is Cc1cc(F)c2[nH]c(=O)ncc2c1. The quantitative estimate of drug-likeness (QED) is 0.662. The molecule has 0 spiro atoms. The minimum absolute atomic E-state index is 0.214. The lowest BCUT2D eigenvalue weighted by molar-refractivity contribution is 0.635. The Morgan fingerprint density at radius 3 is 3.00 bits per heavy atom. The monoisotopic (exact) mass is 178 g/mol. The highest BCUT2D eigenvalue weighted by Crippen LogP contribution is 2.14. The lowest BCUT2D eigenvalue weighted by Gasteiger charge is -1.99. The van der Waals surface area contributed by atoms with Crippen molar-refractivity contribution in [2.24, 2.45) is 0 Å². The summed E-state index contributed by atoms with van der Waals surface area (Å²) in [5.74, 6) is -0.422. The van der Waals surface area contributed by atoms with E-state index in [9.17, 15) is 9.18 Å². The minimum atomic E-state index is -0.532. The maximum atomic E-state index is 13.2. The number of nitrogens with zero attached hydrogens (tertiary/aromatic N) is 1. The van der Waals surface area contributed by atoms with Gasteiger partial charge in [0.05, 0.1) is 5.52 Å². The van der Waals surface area contributed by atoms with Crippen LogP contribution in [0.25, 0.3) is 10.9 Å². The molecule has 0 aliphatic carbocycles. The predicted molar refractivity (Wildman–Crippen MR) is 47.1 cm³/mol. The normalized spacial score (nSPS) is 10.6. The maximum Gasteiger partial charge on any atom is 0.345 e. The summed E-state index contributed by atoms with van der Waals surface area (Å²) in [6.45, 7) is 1.79. The molecule has 0 amide bonds. The van der Waals surface area contributed by atoms with E-state index in [0.29, 0.717) is 5.39 Å². The van der Waals surface area contributed by atoms with E-state index in [1.165, 1.54) is 12.3 Å². The molecule has 1 heterocycles. The van der Waals surface area contributed by atoms with Gasteiger partial charge in [-0.05, 0) is 24.6 Å². The zero-order chi connectivity index (χ0) is 9.42. The van der Waals surface area contributed by atoms with E-state index in [4.69, 9.17) is 0 Å². The van der Waals surface area contributed by atoms with E-state index >= 15 is 0 Å². The summed E-state index contributed by atoms with van der Waals surface area (Å²) in [5.41, 5.74) is 0.486. The third-order valence-electron chi connectivity index (χ3n) is 1.82. The van der Waals surface area contributed by atoms with E-state index in [1.807, 2.05) is 0 Å². The van der Waals surface area contributed by atoms with Crippen molar-refractivity contribution in [2.45, 2.75) is 6.92 Å². The number of hydrogen-bond donors (Lipinski definition) is 1. The zero-order valence-corrected chi connectivity index (χ0v) is 6.97. The number of hydrogen-bond acceptors (Lipinski definition) is 2. The number of aromatic amines is 1. The van der Waals surface area contributed by atoms with Gasteiger partial charge in [0.1, 0.15) is 5.82 Å². The number of rotatable bonds is 0. The van der Waals surface area contributed by atoms with Crippen molar-refractivity contribution >= 4 is 10.9 Å². The molecule has 0 aliphatic heterocycles. The van der Waals surface area contributed by atoms with Crippen molar-refractivity contribution in [2.75, 3.05) is 0 Å². The van der Waals surface area contributed by atoms with E-state index in [-0.39, 0.29) is 5.52 Å². The Balaban J connectivity index is 2.95. The summed E-state index contributed by atoms with van der Waals surface area (Å²) in [6, 6.07) is 3.14. The molecular formula is C9H7FN2O. The van der Waals surface area contributed by atoms with Crippen molar-refractivity contribution in [3.8, 4) is 0 Å². The number of aryl methyl sites for hydroxylation is 1. The van der Waals surface area contributed by atoms with Gasteiger partial charge in [-0.25, -0.2) is 14.2 Å². The Labute approximate surface area is 73.2 Å². The first-order chi connectivity index (χ1) is 6.16. The molecule has 66 valence electrons. The van der Waals surface area contributed by atoms with Gasteiger partial charge >= 0.3 is 5.69 Å². The molecule has 0 atom stereocenters. The standard InChI is InChI=1S/C9H7FN2O/c1-5-2-6-4-11-9(13)12-8(6)7(10)3-5/h2-4H,1H3,(H,11,12,13). The molecule has 1 aromatic heterocycles. The van der Waals surface area contributed by atoms with Crippen LogP contribution in [0.3, 0.4) is 0 Å². The first-order valence-corrected chi connectivity index (χ1v) is 3.82. The number of H-pyrrole nitrogens is 1. The fourth-order valence-corrected chi connectivity index (χ4v) is 1.27. The van der Waals surface area contributed by atoms with Gasteiger partial charge in [-0.1, -0.05) is 0 Å². The Morgan fingerprint density at radius 2 is 2.23 bits per heavy atom. The van der Waals surface area contributed by atoms with Crippen LogP contribution in [-0.2, 0) is 0 Å². The first-order valence-electron chi connectivity index (χ1n) is 3.82. The lowest BCUT2D eigenvalue weighted by atomic mass is 10.2. The largest absolute Gasteiger partial charge is 0.345 e. The van der Waals surface area contributed by atoms with Crippen LogP contribution in [0.4, 0.5) is 4.39 Å². The molecule has 13 heavy (non-hydrogen) atoms. The fraction of sp³-hybridized carbons (Fsp3) is 0.111. The Bertz CT molecular complexity index is 518. The van der Waals surface area contributed by atoms with E-state index in [2.05, 4.69) is 9.97 Å². The Kier molecular flexibility index (Phi) is 1.62. The Morgan fingerprint density at radius 1 is 1.46 bits per heavy atom. The van der Waals surface area contributed by atoms with Gasteiger partial charge in [-0.3, -0.25) is 0 Å². The van der Waals surface area contributed by atoms with Gasteiger partial charge in [-0.2, -0.15) is 0 Å². The van der Waals surface area contributed by atoms with Crippen molar-refractivity contribution < 1.29 is 4.39 Å². The highest BCUT2D eigenvalue weighted by atomic mass is 19.1. The van der Waals surface area contributed by atoms with Crippen molar-refractivity contribution in [3.63, 3.8) is 0 Å². The molecule has 1 N–H and O–H groups in total. The van der Waals surface area contributed by atoms with Crippen LogP contribution >= 0.6 is 0 Å². The van der Waals surface area contributed by atoms with Gasteiger partial charge in [0, 0.05) is 11.6 Å². The van der Waals surface area contributed by atoms with Gasteiger partial charge in [-0.15, -0.1) is 0 Å². The average Bonchev–Trinajstić information content (AvgIpc) is 2.06. The summed E-state index contributed by atoms with van der Waals surface area (Å²) < 4.78 is 13.2. The van der Waals surface area contributed by atoms with Crippen LogP contribution in [0.15, 0.2) is 23.1 Å². The van der Waals surface area contributed by atoms with Crippen LogP contribution in [0.2, 0.25) is 0 Å². The van der Waals surface area contributed by atoms with Crippen LogP contribution in [0.5, 0.6) is 0 Å². The first kappa shape index (κ1) is 7.91. The van der Waals surface area contributed by atoms with Crippen LogP contribution in [0.1, 0.15) is 5.56 Å². The van der Waals surface area contributed by atoms with Crippen LogP contribution in [0, 0.1) is 12.7 Å². The van der Waals surface area contributed by atoms with Crippen molar-refractivity contribution in [1.29, 1.82) is 0 Å². The topological polar surface area (TPSA) is 45.8 Å². The molecule has 0 bridgehead atoms. The van der Waals surface area contributed by atoms with Crippen LogP contribution < -0.4 is 5.69 Å². The molecular weight excluding hydrogens is 171 g/mol. The number of aromatic nitrogens is 2. The Hall–Kier alpha value is -1.71. The third kappa shape index (κ3) is 1.30. The van der Waals surface area contributed by atoms with Crippen molar-refractivity contribution in [1.82, 2.24) is 9.97 Å². The number of benzene rings is 1. The predicted octanol–water partition coefficient (Wildman–Crippen LogP) is 1.37. The smallest absolute Gasteiger partial charge is 0.303 e. The molecule has 0 fully saturated rings. The highest BCUT2D eigenvalue weighted by molar-refractivity contribution is 5.78. The molecule has 3 nitrogen and oxygen atoms in total. The summed E-state index contributed by atoms with van der Waals surface area (Å²) >= 11 is 0. The van der Waals surface area contributed by atoms with Crippen molar-refractivity contribution in [3.05, 3.63) is 40.2 Å². The summed E-state index contributed by atoms with van der Waals surface area (Å²) in [7, 11) is 0. The van der Waals surface area contributed by atoms with Gasteiger partial charge in [0.2, 0.25) is 0 Å². The fourth-order valence-electron chi connectivity index (χ4n) is 1.27. The molecule has 0 aliphatic rings. The lowest BCUT2D eigenvalue weighted by Crippen LogP contribution is -2.09. The molecule has 2 rings (SSSR count). The number of nitrogens with one attached hydrogen (secondary N) is 1. The summed E-state index contributed by atoms with van der Waals surface area (Å²) in [6.07, 6.45) is 1.37. The second-order valence-electron chi connectivity index (χ2n) is 2.90. The molecule has 0 radical (unpaired) electrons. The second-order valence-corrected chi connectivity index (χ2v) is 2.90. The van der Waals surface area contributed by atoms with Crippen LogP contribution in [-0.4, -0.2) is 9.97 Å². The van der Waals surface area contributed by atoms with E-state index < -0.39 is 11.5 Å². The molecule has 0 unspecified atom stereocenters. The summed E-state index contributed by atoms with van der Waals surface area (Å²) in [4.78, 5) is 16.6. The van der Waals surface area contributed by atoms with Gasteiger partial charge < -0.3 is 4.98 Å². The van der Waals surface area contributed by atoms with E-state index in [0.717, 1.165) is 5.56 Å². The highest BCUT2D eigenvalue weighted by Gasteiger charge is 2.02. The zero-order valence-electron chi connectivity index (χ0n) is 6.97.